The molecule has 7 nitrogen and oxygen atoms in total. The van der Waals surface area contributed by atoms with Crippen LogP contribution in [-0.2, 0) is 9.53 Å². The van der Waals surface area contributed by atoms with E-state index in [9.17, 15) is 14.7 Å². The largest absolute Gasteiger partial charge is 0.481 e. The second kappa shape index (κ2) is 7.79. The molecule has 1 heterocycles. The molecule has 29 heavy (non-hydrogen) atoms. The summed E-state index contributed by atoms with van der Waals surface area (Å²) >= 11 is 0. The number of nitrogens with one attached hydrogen (secondary N) is 2. The summed E-state index contributed by atoms with van der Waals surface area (Å²) in [5.41, 5.74) is 5.72. The molecule has 1 aromatic heterocycles. The van der Waals surface area contributed by atoms with Crippen LogP contribution in [0.1, 0.15) is 40.9 Å². The Balaban J connectivity index is 1.48. The molecular weight excluding hydrogens is 370 g/mol. The number of imidazole rings is 1. The molecule has 0 radical (unpaired) electrons. The van der Waals surface area contributed by atoms with Crippen LogP contribution in [0.15, 0.2) is 54.9 Å². The van der Waals surface area contributed by atoms with Crippen LogP contribution in [0.3, 0.4) is 0 Å². The van der Waals surface area contributed by atoms with Gasteiger partial charge in [-0.3, -0.25) is 4.79 Å². The maximum atomic E-state index is 12.5. The molecule has 0 fully saturated rings. The lowest BCUT2D eigenvalue weighted by Gasteiger charge is -2.18. The number of carbonyl (C=O) groups excluding carboxylic acids is 1. The molecule has 0 unspecified atom stereocenters. The molecular formula is C22H21N3O4. The highest BCUT2D eigenvalue weighted by atomic mass is 16.5. The number of aryl methyl sites for hydroxylation is 1. The van der Waals surface area contributed by atoms with Crippen LogP contribution < -0.4 is 5.32 Å². The molecule has 1 amide bonds. The van der Waals surface area contributed by atoms with Gasteiger partial charge in [-0.25, -0.2) is 9.78 Å². The molecule has 148 valence electrons. The summed E-state index contributed by atoms with van der Waals surface area (Å²) in [6, 6.07) is 15.4. The van der Waals surface area contributed by atoms with E-state index in [0.717, 1.165) is 22.3 Å². The lowest BCUT2D eigenvalue weighted by atomic mass is 9.98. The minimum absolute atomic E-state index is 0.0572. The van der Waals surface area contributed by atoms with Gasteiger partial charge in [0.25, 0.3) is 0 Å². The third-order valence-electron chi connectivity index (χ3n) is 5.21. The number of fused-ring (bicyclic) bond motifs is 3. The Morgan fingerprint density at radius 2 is 1.76 bits per heavy atom. The minimum Gasteiger partial charge on any atom is -0.481 e. The summed E-state index contributed by atoms with van der Waals surface area (Å²) in [5, 5.41) is 11.8. The maximum absolute atomic E-state index is 12.5. The zero-order valence-electron chi connectivity index (χ0n) is 15.9. The second-order valence-electron chi connectivity index (χ2n) is 7.03. The van der Waals surface area contributed by atoms with E-state index in [-0.39, 0.29) is 18.9 Å². The van der Waals surface area contributed by atoms with Crippen molar-refractivity contribution in [2.75, 3.05) is 6.61 Å². The summed E-state index contributed by atoms with van der Waals surface area (Å²) in [7, 11) is 0. The van der Waals surface area contributed by atoms with Crippen LogP contribution in [0.2, 0.25) is 0 Å². The highest BCUT2D eigenvalue weighted by Gasteiger charge is 2.29. The van der Waals surface area contributed by atoms with Gasteiger partial charge in [-0.2, -0.15) is 0 Å². The van der Waals surface area contributed by atoms with Gasteiger partial charge in [0.15, 0.2) is 0 Å². The van der Waals surface area contributed by atoms with Crippen molar-refractivity contribution in [3.05, 3.63) is 77.4 Å². The van der Waals surface area contributed by atoms with E-state index in [1.807, 2.05) is 36.4 Å². The molecule has 1 aliphatic rings. The van der Waals surface area contributed by atoms with Crippen molar-refractivity contribution >= 4 is 12.1 Å². The van der Waals surface area contributed by atoms with Gasteiger partial charge in [0.05, 0.1) is 24.5 Å². The number of alkyl carbamates (subject to hydrolysis) is 1. The molecule has 4 rings (SSSR count). The quantitative estimate of drug-likeness (QED) is 0.593. The third-order valence-corrected chi connectivity index (χ3v) is 5.21. The zero-order chi connectivity index (χ0) is 20.4. The molecule has 3 N–H and O–H groups in total. The SMILES string of the molecule is Cc1[nH]cnc1[C@H](CC(=O)O)NC(=O)OCC1c2ccccc2-c2ccccc21. The number of ether oxygens (including phenoxy) is 1. The third kappa shape index (κ3) is 3.71. The fourth-order valence-corrected chi connectivity index (χ4v) is 3.89. The number of H-pyrrole nitrogens is 1. The van der Waals surface area contributed by atoms with E-state index in [4.69, 9.17) is 4.74 Å². The van der Waals surface area contributed by atoms with Crippen molar-refractivity contribution in [2.45, 2.75) is 25.3 Å². The van der Waals surface area contributed by atoms with Gasteiger partial charge in [0.2, 0.25) is 0 Å². The zero-order valence-corrected chi connectivity index (χ0v) is 15.9. The molecule has 1 atom stereocenters. The van der Waals surface area contributed by atoms with Crippen molar-refractivity contribution in [3.63, 3.8) is 0 Å². The smallest absolute Gasteiger partial charge is 0.407 e. The van der Waals surface area contributed by atoms with Crippen molar-refractivity contribution in [3.8, 4) is 11.1 Å². The van der Waals surface area contributed by atoms with Gasteiger partial charge < -0.3 is 20.1 Å². The van der Waals surface area contributed by atoms with Crippen LogP contribution in [-0.4, -0.2) is 33.7 Å². The molecule has 7 heteroatoms. The first-order chi connectivity index (χ1) is 14.0. The van der Waals surface area contributed by atoms with E-state index in [1.165, 1.54) is 6.33 Å². The van der Waals surface area contributed by atoms with Crippen molar-refractivity contribution < 1.29 is 19.4 Å². The summed E-state index contributed by atoms with van der Waals surface area (Å²) in [4.78, 5) is 30.7. The Labute approximate surface area is 167 Å². The number of carbonyl (C=O) groups is 2. The van der Waals surface area contributed by atoms with Gasteiger partial charge in [0.1, 0.15) is 6.61 Å². The number of carboxylic acids is 1. The Bertz CT molecular complexity index is 1010. The number of aliphatic carboxylic acids is 1. The van der Waals surface area contributed by atoms with E-state index in [2.05, 4.69) is 27.4 Å². The summed E-state index contributed by atoms with van der Waals surface area (Å²) in [5.74, 6) is -1.09. The summed E-state index contributed by atoms with van der Waals surface area (Å²) < 4.78 is 5.51. The monoisotopic (exact) mass is 391 g/mol. The lowest BCUT2D eigenvalue weighted by Crippen LogP contribution is -2.32. The number of rotatable bonds is 6. The van der Waals surface area contributed by atoms with Gasteiger partial charge in [-0.15, -0.1) is 0 Å². The van der Waals surface area contributed by atoms with Gasteiger partial charge >= 0.3 is 12.1 Å². The van der Waals surface area contributed by atoms with Crippen molar-refractivity contribution in [1.82, 2.24) is 15.3 Å². The Kier molecular flexibility index (Phi) is 5.03. The molecule has 3 aromatic rings. The van der Waals surface area contributed by atoms with Crippen LogP contribution in [0.25, 0.3) is 11.1 Å². The Hall–Kier alpha value is -3.61. The van der Waals surface area contributed by atoms with Crippen molar-refractivity contribution in [1.29, 1.82) is 0 Å². The average molecular weight is 391 g/mol. The fourth-order valence-electron chi connectivity index (χ4n) is 3.89. The van der Waals surface area contributed by atoms with Crippen LogP contribution >= 0.6 is 0 Å². The van der Waals surface area contributed by atoms with E-state index >= 15 is 0 Å². The first-order valence-corrected chi connectivity index (χ1v) is 9.37. The van der Waals surface area contributed by atoms with Crippen LogP contribution in [0.4, 0.5) is 4.79 Å². The Morgan fingerprint density at radius 1 is 1.14 bits per heavy atom. The van der Waals surface area contributed by atoms with Crippen LogP contribution in [0.5, 0.6) is 0 Å². The fraction of sp³-hybridized carbons (Fsp3) is 0.227. The number of aromatic nitrogens is 2. The second-order valence-corrected chi connectivity index (χ2v) is 7.03. The van der Waals surface area contributed by atoms with Crippen molar-refractivity contribution in [2.24, 2.45) is 0 Å². The highest BCUT2D eigenvalue weighted by molar-refractivity contribution is 5.79. The number of amides is 1. The predicted octanol–water partition coefficient (Wildman–Crippen LogP) is 3.77. The first kappa shape index (κ1) is 18.7. The normalized spacial score (nSPS) is 13.4. The van der Waals surface area contributed by atoms with E-state index in [1.54, 1.807) is 6.92 Å². The number of hydrogen-bond acceptors (Lipinski definition) is 4. The molecule has 0 saturated carbocycles. The predicted molar refractivity (Wildman–Crippen MR) is 107 cm³/mol. The van der Waals surface area contributed by atoms with Gasteiger partial charge in [0, 0.05) is 11.6 Å². The standard InChI is InChI=1S/C22H21N3O4/c1-13-21(24-12-23-13)19(10-20(26)27)25-22(28)29-11-18-16-8-4-2-6-14(16)15-7-3-5-9-17(15)18/h2-9,12,18-19H,10-11H2,1H3,(H,23,24)(H,25,28)(H,26,27)/t19-/m0/s1. The van der Waals surface area contributed by atoms with E-state index in [0.29, 0.717) is 11.4 Å². The number of aromatic amines is 1. The van der Waals surface area contributed by atoms with Crippen LogP contribution in [0, 0.1) is 6.92 Å². The lowest BCUT2D eigenvalue weighted by molar-refractivity contribution is -0.137. The van der Waals surface area contributed by atoms with Gasteiger partial charge in [-0.1, -0.05) is 48.5 Å². The average Bonchev–Trinajstić information content (AvgIpc) is 3.27. The number of nitrogens with zero attached hydrogens (tertiary/aromatic N) is 1. The molecule has 0 saturated heterocycles. The topological polar surface area (TPSA) is 104 Å². The molecule has 2 aromatic carbocycles. The summed E-state index contributed by atoms with van der Waals surface area (Å²) in [6.45, 7) is 1.94. The molecule has 0 bridgehead atoms. The maximum Gasteiger partial charge on any atom is 0.407 e. The minimum atomic E-state index is -1.03. The summed E-state index contributed by atoms with van der Waals surface area (Å²) in [6.07, 6.45) is 0.523. The van der Waals surface area contributed by atoms with Gasteiger partial charge in [-0.05, 0) is 29.2 Å². The van der Waals surface area contributed by atoms with E-state index < -0.39 is 18.1 Å². The highest BCUT2D eigenvalue weighted by Crippen LogP contribution is 2.44. The molecule has 0 aliphatic heterocycles. The number of benzene rings is 2. The first-order valence-electron chi connectivity index (χ1n) is 9.37. The molecule has 1 aliphatic carbocycles. The Morgan fingerprint density at radius 3 is 2.31 bits per heavy atom. The molecule has 0 spiro atoms. The number of hydrogen-bond donors (Lipinski definition) is 3. The number of carboxylic acid groups (broad SMARTS) is 1.